The number of rotatable bonds is 0. The molecule has 0 radical (unpaired) electrons. The highest BCUT2D eigenvalue weighted by molar-refractivity contribution is 5.85. The molecular weight excluding hydrogens is 150 g/mol. The van der Waals surface area contributed by atoms with Crippen molar-refractivity contribution < 1.29 is 0 Å². The summed E-state index contributed by atoms with van der Waals surface area (Å²) in [4.78, 5) is 3.74. The topological polar surface area (TPSA) is 71.7 Å². The molecule has 3 nitrogen and oxygen atoms in total. The van der Waals surface area contributed by atoms with Gasteiger partial charge in [-0.1, -0.05) is 6.07 Å². The Labute approximate surface area is 65.7 Å². The molecule has 0 aliphatic rings. The Morgan fingerprint density at radius 3 is 2.40 bits per heavy atom. The Bertz CT molecular complexity index is 204. The van der Waals surface area contributed by atoms with Crippen molar-refractivity contribution in [2.75, 3.05) is 0 Å². The molecule has 0 unspecified atom stereocenters. The summed E-state index contributed by atoms with van der Waals surface area (Å²) in [6, 6.07) is 7.14. The third-order valence-corrected chi connectivity index (χ3v) is 0.779. The number of nitrogens with zero attached hydrogens (tertiary/aromatic N) is 2. The van der Waals surface area contributed by atoms with E-state index in [1.54, 1.807) is 24.4 Å². The summed E-state index contributed by atoms with van der Waals surface area (Å²) in [5.74, 6) is 0. The van der Waals surface area contributed by atoms with E-state index in [0.717, 1.165) is 0 Å². The molecule has 3 N–H and O–H groups in total. The molecular formula is C6H8ClN3. The third kappa shape index (κ3) is 3.02. The minimum absolute atomic E-state index is 0. The SMILES string of the molecule is Cl.N.N#Cc1ccccn1. The van der Waals surface area contributed by atoms with E-state index in [1.807, 2.05) is 6.07 Å². The Kier molecular flexibility index (Phi) is 7.01. The highest BCUT2D eigenvalue weighted by Crippen LogP contribution is 1.86. The van der Waals surface area contributed by atoms with E-state index in [4.69, 9.17) is 5.26 Å². The Morgan fingerprint density at radius 2 is 2.10 bits per heavy atom. The van der Waals surface area contributed by atoms with E-state index < -0.39 is 0 Å². The quantitative estimate of drug-likeness (QED) is 0.621. The summed E-state index contributed by atoms with van der Waals surface area (Å²) >= 11 is 0. The molecule has 0 saturated carbocycles. The largest absolute Gasteiger partial charge is 0.344 e. The van der Waals surface area contributed by atoms with E-state index in [1.165, 1.54) is 0 Å². The van der Waals surface area contributed by atoms with Crippen LogP contribution in [0.25, 0.3) is 0 Å². The number of pyridine rings is 1. The van der Waals surface area contributed by atoms with Gasteiger partial charge in [-0.3, -0.25) is 0 Å². The number of hydrogen-bond donors (Lipinski definition) is 1. The molecule has 1 aromatic heterocycles. The van der Waals surface area contributed by atoms with Crippen molar-refractivity contribution >= 4 is 12.4 Å². The van der Waals surface area contributed by atoms with E-state index >= 15 is 0 Å². The maximum Gasteiger partial charge on any atom is 0.140 e. The standard InChI is InChI=1S/C6H4N2.ClH.H3N/c7-5-6-3-1-2-4-8-6;;/h1-4H;1H;1H3. The van der Waals surface area contributed by atoms with Crippen LogP contribution in [0.3, 0.4) is 0 Å². The highest BCUT2D eigenvalue weighted by Gasteiger charge is 1.81. The molecule has 0 saturated heterocycles. The average Bonchev–Trinajstić information content (AvgIpc) is 1.90. The van der Waals surface area contributed by atoms with Crippen LogP contribution < -0.4 is 6.15 Å². The lowest BCUT2D eigenvalue weighted by molar-refractivity contribution is 1.26. The van der Waals surface area contributed by atoms with Crippen molar-refractivity contribution in [2.45, 2.75) is 0 Å². The van der Waals surface area contributed by atoms with Gasteiger partial charge >= 0.3 is 0 Å². The lowest BCUT2D eigenvalue weighted by Gasteiger charge is -1.79. The molecule has 0 aliphatic heterocycles. The summed E-state index contributed by atoms with van der Waals surface area (Å²) in [6.07, 6.45) is 1.60. The summed E-state index contributed by atoms with van der Waals surface area (Å²) < 4.78 is 0. The smallest absolute Gasteiger partial charge is 0.140 e. The molecule has 4 heteroatoms. The second-order valence-electron chi connectivity index (χ2n) is 1.33. The molecule has 0 aliphatic carbocycles. The molecule has 0 fully saturated rings. The van der Waals surface area contributed by atoms with Gasteiger partial charge in [-0.25, -0.2) is 4.98 Å². The maximum absolute atomic E-state index is 8.23. The third-order valence-electron chi connectivity index (χ3n) is 0.779. The fourth-order valence-corrected chi connectivity index (χ4v) is 0.429. The van der Waals surface area contributed by atoms with Gasteiger partial charge in [0, 0.05) is 6.20 Å². The van der Waals surface area contributed by atoms with Crippen molar-refractivity contribution in [3.05, 3.63) is 30.1 Å². The van der Waals surface area contributed by atoms with Gasteiger partial charge in [0.2, 0.25) is 0 Å². The molecule has 0 bridgehead atoms. The minimum atomic E-state index is 0. The zero-order valence-electron chi connectivity index (χ0n) is 5.32. The van der Waals surface area contributed by atoms with Crippen LogP contribution in [0.1, 0.15) is 5.69 Å². The summed E-state index contributed by atoms with van der Waals surface area (Å²) in [5, 5.41) is 8.23. The predicted octanol–water partition coefficient (Wildman–Crippen LogP) is 1.54. The van der Waals surface area contributed by atoms with Crippen LogP contribution in [0.4, 0.5) is 0 Å². The van der Waals surface area contributed by atoms with Crippen molar-refractivity contribution in [1.82, 2.24) is 11.1 Å². The summed E-state index contributed by atoms with van der Waals surface area (Å²) in [7, 11) is 0. The fraction of sp³-hybridized carbons (Fsp3) is 0. The second kappa shape index (κ2) is 6.02. The molecule has 0 atom stereocenters. The van der Waals surface area contributed by atoms with Crippen molar-refractivity contribution in [1.29, 1.82) is 5.26 Å². The Hall–Kier alpha value is -1.11. The first-order chi connectivity index (χ1) is 3.93. The molecule has 1 aromatic rings. The van der Waals surface area contributed by atoms with Crippen molar-refractivity contribution in [2.24, 2.45) is 0 Å². The predicted molar refractivity (Wildman–Crippen MR) is 41.2 cm³/mol. The minimum Gasteiger partial charge on any atom is -0.344 e. The van der Waals surface area contributed by atoms with Crippen LogP contribution >= 0.6 is 12.4 Å². The Balaban J connectivity index is 0. The van der Waals surface area contributed by atoms with Gasteiger partial charge in [-0.15, -0.1) is 12.4 Å². The zero-order valence-corrected chi connectivity index (χ0v) is 6.14. The lowest BCUT2D eigenvalue weighted by atomic mass is 10.4. The zero-order chi connectivity index (χ0) is 5.82. The lowest BCUT2D eigenvalue weighted by Crippen LogP contribution is -1.75. The first kappa shape index (κ1) is 11.7. The maximum atomic E-state index is 8.23. The molecule has 0 aromatic carbocycles. The summed E-state index contributed by atoms with van der Waals surface area (Å²) in [6.45, 7) is 0. The average molecular weight is 158 g/mol. The molecule has 54 valence electrons. The monoisotopic (exact) mass is 157 g/mol. The van der Waals surface area contributed by atoms with Crippen LogP contribution in [0, 0.1) is 11.3 Å². The van der Waals surface area contributed by atoms with Gasteiger partial charge in [0.15, 0.2) is 0 Å². The van der Waals surface area contributed by atoms with E-state index in [-0.39, 0.29) is 18.6 Å². The van der Waals surface area contributed by atoms with E-state index in [9.17, 15) is 0 Å². The second-order valence-corrected chi connectivity index (χ2v) is 1.33. The van der Waals surface area contributed by atoms with Gasteiger partial charge in [-0.05, 0) is 12.1 Å². The summed E-state index contributed by atoms with van der Waals surface area (Å²) in [5.41, 5.74) is 0.465. The normalized spacial score (nSPS) is 6.30. The van der Waals surface area contributed by atoms with Crippen molar-refractivity contribution in [3.63, 3.8) is 0 Å². The van der Waals surface area contributed by atoms with Crippen LogP contribution in [0.15, 0.2) is 24.4 Å². The molecule has 0 spiro atoms. The first-order valence-electron chi connectivity index (χ1n) is 2.24. The van der Waals surface area contributed by atoms with Crippen LogP contribution in [-0.2, 0) is 0 Å². The van der Waals surface area contributed by atoms with Crippen LogP contribution in [0.2, 0.25) is 0 Å². The number of nitriles is 1. The van der Waals surface area contributed by atoms with Gasteiger partial charge in [0.05, 0.1) is 0 Å². The van der Waals surface area contributed by atoms with Crippen molar-refractivity contribution in [3.8, 4) is 6.07 Å². The van der Waals surface area contributed by atoms with Crippen LogP contribution in [-0.4, -0.2) is 4.98 Å². The van der Waals surface area contributed by atoms with E-state index in [0.29, 0.717) is 5.69 Å². The first-order valence-corrected chi connectivity index (χ1v) is 2.24. The number of halogens is 1. The van der Waals surface area contributed by atoms with Gasteiger partial charge in [-0.2, -0.15) is 5.26 Å². The molecule has 1 rings (SSSR count). The van der Waals surface area contributed by atoms with Crippen LogP contribution in [0.5, 0.6) is 0 Å². The molecule has 10 heavy (non-hydrogen) atoms. The van der Waals surface area contributed by atoms with Gasteiger partial charge in [0.1, 0.15) is 11.8 Å². The van der Waals surface area contributed by atoms with Gasteiger partial charge < -0.3 is 6.15 Å². The van der Waals surface area contributed by atoms with E-state index in [2.05, 4.69) is 4.98 Å². The number of aromatic nitrogens is 1. The number of hydrogen-bond acceptors (Lipinski definition) is 3. The highest BCUT2D eigenvalue weighted by atomic mass is 35.5. The molecule has 1 heterocycles. The van der Waals surface area contributed by atoms with Gasteiger partial charge in [0.25, 0.3) is 0 Å². The fourth-order valence-electron chi connectivity index (χ4n) is 0.429. The Morgan fingerprint density at radius 1 is 1.40 bits per heavy atom. The molecule has 0 amide bonds.